The van der Waals surface area contributed by atoms with Gasteiger partial charge in [-0.2, -0.15) is 0 Å². The molecule has 3 unspecified atom stereocenters. The molecule has 0 spiro atoms. The number of carbonyl (C=O) groups is 2. The highest BCUT2D eigenvalue weighted by atomic mass is 16.3. The van der Waals surface area contributed by atoms with Gasteiger partial charge in [0.05, 0.1) is 0 Å². The molecular formula is C17H24N2O3. The van der Waals surface area contributed by atoms with Crippen molar-refractivity contribution in [3.8, 4) is 0 Å². The fourth-order valence-electron chi connectivity index (χ4n) is 2.64. The van der Waals surface area contributed by atoms with Crippen LogP contribution in [0.25, 0.3) is 0 Å². The first-order chi connectivity index (χ1) is 10.4. The Kier molecular flexibility index (Phi) is 5.19. The van der Waals surface area contributed by atoms with E-state index >= 15 is 0 Å². The highest BCUT2D eigenvalue weighted by Gasteiger charge is 2.39. The Hall–Kier alpha value is -1.88. The largest absolute Gasteiger partial charge is 0.380 e. The van der Waals surface area contributed by atoms with E-state index in [1.54, 1.807) is 0 Å². The summed E-state index contributed by atoms with van der Waals surface area (Å²) >= 11 is 0. The summed E-state index contributed by atoms with van der Waals surface area (Å²) in [6.07, 6.45) is 2.39. The first-order valence-corrected chi connectivity index (χ1v) is 7.79. The van der Waals surface area contributed by atoms with Crippen LogP contribution in [0.4, 0.5) is 0 Å². The third kappa shape index (κ3) is 3.65. The third-order valence-electron chi connectivity index (χ3n) is 4.44. The maximum atomic E-state index is 12.5. The molecule has 5 nitrogen and oxygen atoms in total. The number of aliphatic hydroxyl groups is 1. The van der Waals surface area contributed by atoms with Gasteiger partial charge >= 0.3 is 0 Å². The van der Waals surface area contributed by atoms with E-state index in [4.69, 9.17) is 0 Å². The number of nitrogens with one attached hydrogen (secondary N) is 2. The summed E-state index contributed by atoms with van der Waals surface area (Å²) in [5, 5.41) is 16.1. The first kappa shape index (κ1) is 16.5. The molecule has 0 radical (unpaired) electrons. The van der Waals surface area contributed by atoms with Crippen LogP contribution < -0.4 is 10.6 Å². The summed E-state index contributed by atoms with van der Waals surface area (Å²) in [5.74, 6) is -1.05. The van der Waals surface area contributed by atoms with Gasteiger partial charge in [0, 0.05) is 12.5 Å². The highest BCUT2D eigenvalue weighted by Crippen LogP contribution is 2.28. The van der Waals surface area contributed by atoms with E-state index in [2.05, 4.69) is 10.6 Å². The van der Waals surface area contributed by atoms with Gasteiger partial charge in [0.15, 0.2) is 0 Å². The lowest BCUT2D eigenvalue weighted by atomic mass is 9.84. The number of rotatable bonds is 4. The van der Waals surface area contributed by atoms with E-state index in [1.165, 1.54) is 6.92 Å². The predicted octanol–water partition coefficient (Wildman–Crippen LogP) is 1.33. The summed E-state index contributed by atoms with van der Waals surface area (Å²) in [7, 11) is 0. The lowest BCUT2D eigenvalue weighted by Crippen LogP contribution is -2.54. The maximum Gasteiger partial charge on any atom is 0.252 e. The number of amides is 2. The second-order valence-corrected chi connectivity index (χ2v) is 6.09. The molecule has 2 amide bonds. The Morgan fingerprint density at radius 2 is 2.05 bits per heavy atom. The number of hydrogen-bond acceptors (Lipinski definition) is 3. The highest BCUT2D eigenvalue weighted by molar-refractivity contribution is 5.91. The molecular weight excluding hydrogens is 280 g/mol. The van der Waals surface area contributed by atoms with Gasteiger partial charge in [-0.25, -0.2) is 0 Å². The van der Waals surface area contributed by atoms with Gasteiger partial charge in [-0.3, -0.25) is 9.59 Å². The van der Waals surface area contributed by atoms with Crippen LogP contribution in [0.5, 0.6) is 0 Å². The van der Waals surface area contributed by atoms with Crippen LogP contribution in [0, 0.1) is 0 Å². The van der Waals surface area contributed by atoms with Gasteiger partial charge in [-0.05, 0) is 31.7 Å². The molecule has 0 saturated carbocycles. The molecule has 1 aliphatic rings. The minimum absolute atomic E-state index is 0.172. The van der Waals surface area contributed by atoms with E-state index in [0.717, 1.165) is 18.4 Å². The number of benzene rings is 1. The standard InChI is InChI=1S/C17H24N2O3/c1-12(13-8-4-3-5-9-13)17(2,22)16(21)19-14-10-6-7-11-18-15(14)20/h3-5,8-9,12,14,22H,6-7,10-11H2,1-2H3,(H,18,20)(H,19,21). The average molecular weight is 304 g/mol. The molecule has 1 fully saturated rings. The van der Waals surface area contributed by atoms with Crippen molar-refractivity contribution in [2.75, 3.05) is 6.54 Å². The summed E-state index contributed by atoms with van der Waals surface area (Å²) < 4.78 is 0. The van der Waals surface area contributed by atoms with Gasteiger partial charge in [0.2, 0.25) is 5.91 Å². The van der Waals surface area contributed by atoms with E-state index in [1.807, 2.05) is 37.3 Å². The van der Waals surface area contributed by atoms with Crippen molar-refractivity contribution in [2.24, 2.45) is 0 Å². The van der Waals surface area contributed by atoms with Crippen LogP contribution in [0.2, 0.25) is 0 Å². The monoisotopic (exact) mass is 304 g/mol. The van der Waals surface area contributed by atoms with Crippen molar-refractivity contribution in [1.82, 2.24) is 10.6 Å². The summed E-state index contributed by atoms with van der Waals surface area (Å²) in [6.45, 7) is 3.94. The topological polar surface area (TPSA) is 78.4 Å². The lowest BCUT2D eigenvalue weighted by Gasteiger charge is -2.31. The molecule has 5 heteroatoms. The number of carbonyl (C=O) groups excluding carboxylic acids is 2. The van der Waals surface area contributed by atoms with Crippen molar-refractivity contribution >= 4 is 11.8 Å². The molecule has 3 N–H and O–H groups in total. The molecule has 120 valence electrons. The van der Waals surface area contributed by atoms with E-state index in [-0.39, 0.29) is 11.8 Å². The fourth-order valence-corrected chi connectivity index (χ4v) is 2.64. The van der Waals surface area contributed by atoms with Crippen LogP contribution in [0.1, 0.15) is 44.6 Å². The zero-order valence-corrected chi connectivity index (χ0v) is 13.1. The van der Waals surface area contributed by atoms with Gasteiger partial charge in [-0.1, -0.05) is 37.3 Å². The quantitative estimate of drug-likeness (QED) is 0.785. The Bertz CT molecular complexity index is 528. The lowest BCUT2D eigenvalue weighted by molar-refractivity contribution is -0.142. The van der Waals surface area contributed by atoms with Gasteiger partial charge < -0.3 is 15.7 Å². The maximum absolute atomic E-state index is 12.5. The molecule has 0 aliphatic carbocycles. The van der Waals surface area contributed by atoms with Crippen LogP contribution in [0.3, 0.4) is 0 Å². The molecule has 1 aromatic carbocycles. The van der Waals surface area contributed by atoms with Crippen LogP contribution in [-0.4, -0.2) is 35.1 Å². The fraction of sp³-hybridized carbons (Fsp3) is 0.529. The second-order valence-electron chi connectivity index (χ2n) is 6.09. The van der Waals surface area contributed by atoms with Crippen molar-refractivity contribution < 1.29 is 14.7 Å². The van der Waals surface area contributed by atoms with Crippen molar-refractivity contribution in [3.63, 3.8) is 0 Å². The molecule has 22 heavy (non-hydrogen) atoms. The Morgan fingerprint density at radius 1 is 1.36 bits per heavy atom. The summed E-state index contributed by atoms with van der Waals surface area (Å²) in [6, 6.07) is 8.83. The minimum atomic E-state index is -1.58. The molecule has 1 saturated heterocycles. The third-order valence-corrected chi connectivity index (χ3v) is 4.44. The zero-order valence-electron chi connectivity index (χ0n) is 13.1. The first-order valence-electron chi connectivity index (χ1n) is 7.79. The van der Waals surface area contributed by atoms with E-state index < -0.39 is 17.6 Å². The normalized spacial score (nSPS) is 22.9. The second kappa shape index (κ2) is 6.92. The predicted molar refractivity (Wildman–Crippen MR) is 84.3 cm³/mol. The molecule has 1 heterocycles. The van der Waals surface area contributed by atoms with Crippen molar-refractivity contribution in [3.05, 3.63) is 35.9 Å². The smallest absolute Gasteiger partial charge is 0.252 e. The molecule has 0 bridgehead atoms. The van der Waals surface area contributed by atoms with Crippen LogP contribution in [-0.2, 0) is 9.59 Å². The van der Waals surface area contributed by atoms with Gasteiger partial charge in [0.25, 0.3) is 5.91 Å². The van der Waals surface area contributed by atoms with E-state index in [0.29, 0.717) is 13.0 Å². The average Bonchev–Trinajstić information content (AvgIpc) is 2.72. The van der Waals surface area contributed by atoms with Crippen molar-refractivity contribution in [2.45, 2.75) is 50.7 Å². The van der Waals surface area contributed by atoms with Crippen molar-refractivity contribution in [1.29, 1.82) is 0 Å². The molecule has 2 rings (SSSR count). The zero-order chi connectivity index (χ0) is 16.2. The number of hydrogen-bond donors (Lipinski definition) is 3. The molecule has 0 aromatic heterocycles. The Labute approximate surface area is 131 Å². The Balaban J connectivity index is 2.08. The minimum Gasteiger partial charge on any atom is -0.380 e. The summed E-state index contributed by atoms with van der Waals surface area (Å²) in [4.78, 5) is 24.4. The van der Waals surface area contributed by atoms with Gasteiger partial charge in [0.1, 0.15) is 11.6 Å². The molecule has 1 aromatic rings. The summed E-state index contributed by atoms with van der Waals surface area (Å²) in [5.41, 5.74) is -0.693. The molecule has 3 atom stereocenters. The van der Waals surface area contributed by atoms with E-state index in [9.17, 15) is 14.7 Å². The van der Waals surface area contributed by atoms with Crippen LogP contribution in [0.15, 0.2) is 30.3 Å². The van der Waals surface area contributed by atoms with Crippen LogP contribution >= 0.6 is 0 Å². The SMILES string of the molecule is CC(c1ccccc1)C(C)(O)C(=O)NC1CCCCNC1=O. The Morgan fingerprint density at radius 3 is 2.73 bits per heavy atom. The van der Waals surface area contributed by atoms with Gasteiger partial charge in [-0.15, -0.1) is 0 Å². The molecule has 1 aliphatic heterocycles.